The van der Waals surface area contributed by atoms with Gasteiger partial charge in [0.1, 0.15) is 23.0 Å². The molecule has 1 heterocycles. The van der Waals surface area contributed by atoms with E-state index in [1.807, 2.05) is 0 Å². The number of carbonyl (C=O) groups is 2. The lowest BCUT2D eigenvalue weighted by Gasteiger charge is -2.22. The van der Waals surface area contributed by atoms with Gasteiger partial charge in [-0.2, -0.15) is 13.2 Å². The predicted molar refractivity (Wildman–Crippen MR) is 113 cm³/mol. The Morgan fingerprint density at radius 1 is 1.18 bits per heavy atom. The smallest absolute Gasteiger partial charge is 0.417 e. The Kier molecular flexibility index (Phi) is 7.22. The van der Waals surface area contributed by atoms with Gasteiger partial charge in [0, 0.05) is 30.4 Å². The molecule has 0 aliphatic heterocycles. The molecule has 0 saturated heterocycles. The number of benzene rings is 1. The van der Waals surface area contributed by atoms with Crippen molar-refractivity contribution in [1.82, 2.24) is 15.6 Å². The number of anilines is 1. The Balaban J connectivity index is 1.64. The van der Waals surface area contributed by atoms with Crippen LogP contribution in [0.5, 0.6) is 11.5 Å². The number of halogens is 5. The average molecular weight is 485 g/mol. The third kappa shape index (κ3) is 6.22. The minimum Gasteiger partial charge on any atom is -0.457 e. The number of aromatic nitrogens is 1. The number of nitrogens with zero attached hydrogens (tertiary/aromatic N) is 1. The van der Waals surface area contributed by atoms with Crippen LogP contribution in [0.3, 0.4) is 0 Å². The van der Waals surface area contributed by atoms with Crippen LogP contribution in [-0.2, 0) is 0 Å². The van der Waals surface area contributed by atoms with Crippen molar-refractivity contribution in [3.63, 3.8) is 0 Å². The maximum absolute atomic E-state index is 14.4. The lowest BCUT2D eigenvalue weighted by Crippen LogP contribution is -2.38. The molecule has 1 aliphatic carbocycles. The molecule has 0 radical (unpaired) electrons. The standard InChI is InChI=1S/C21H17ClF4N4O3/c1-27-19(31)18-10-13(6-7-28-18)33-12-3-5-17(16(23)9-12)30-20(32)29-11-2-4-15(22)14(8-11)21(24,25)26/h3-11H,2H2,1H3,(H,27,31)(H2,29,30,32). The van der Waals surface area contributed by atoms with Gasteiger partial charge in [-0.1, -0.05) is 17.7 Å². The molecule has 1 aliphatic rings. The number of alkyl halides is 3. The quantitative estimate of drug-likeness (QED) is 0.528. The second kappa shape index (κ2) is 9.90. The summed E-state index contributed by atoms with van der Waals surface area (Å²) in [6, 6.07) is 4.54. The minimum absolute atomic E-state index is 0.0467. The third-order valence-electron chi connectivity index (χ3n) is 4.41. The number of amides is 3. The number of allylic oxidation sites excluding steroid dienone is 2. The van der Waals surface area contributed by atoms with Gasteiger partial charge in [-0.3, -0.25) is 9.78 Å². The van der Waals surface area contributed by atoms with Crippen LogP contribution < -0.4 is 20.7 Å². The van der Waals surface area contributed by atoms with E-state index in [-0.39, 0.29) is 29.3 Å². The van der Waals surface area contributed by atoms with E-state index in [4.69, 9.17) is 16.3 Å². The van der Waals surface area contributed by atoms with Crippen molar-refractivity contribution in [2.45, 2.75) is 18.6 Å². The van der Waals surface area contributed by atoms with Gasteiger partial charge in [-0.15, -0.1) is 0 Å². The molecule has 1 unspecified atom stereocenters. The summed E-state index contributed by atoms with van der Waals surface area (Å²) < 4.78 is 58.9. The van der Waals surface area contributed by atoms with E-state index in [1.165, 1.54) is 37.5 Å². The maximum atomic E-state index is 14.4. The molecule has 3 rings (SSSR count). The Morgan fingerprint density at radius 3 is 2.58 bits per heavy atom. The van der Waals surface area contributed by atoms with Crippen LogP contribution >= 0.6 is 11.6 Å². The molecule has 1 aromatic carbocycles. The zero-order valence-electron chi connectivity index (χ0n) is 17.0. The fourth-order valence-corrected chi connectivity index (χ4v) is 3.13. The van der Waals surface area contributed by atoms with Gasteiger partial charge in [0.15, 0.2) is 0 Å². The highest BCUT2D eigenvalue weighted by Gasteiger charge is 2.37. The normalized spacial score (nSPS) is 15.8. The lowest BCUT2D eigenvalue weighted by molar-refractivity contribution is -0.0892. The molecule has 0 saturated carbocycles. The average Bonchev–Trinajstić information content (AvgIpc) is 2.76. The van der Waals surface area contributed by atoms with Crippen LogP contribution in [0.15, 0.2) is 59.3 Å². The van der Waals surface area contributed by atoms with Gasteiger partial charge in [0.25, 0.3) is 5.91 Å². The number of hydrogen-bond acceptors (Lipinski definition) is 4. The number of rotatable bonds is 5. The molecular formula is C21H17ClF4N4O3. The van der Waals surface area contributed by atoms with E-state index < -0.39 is 40.6 Å². The van der Waals surface area contributed by atoms with Crippen LogP contribution in [0, 0.1) is 5.82 Å². The topological polar surface area (TPSA) is 92.4 Å². The largest absolute Gasteiger partial charge is 0.457 e. The zero-order chi connectivity index (χ0) is 24.2. The molecular weight excluding hydrogens is 468 g/mol. The van der Waals surface area contributed by atoms with Crippen LogP contribution in [0.25, 0.3) is 0 Å². The predicted octanol–water partition coefficient (Wildman–Crippen LogP) is 4.88. The molecule has 1 atom stereocenters. The fraction of sp³-hybridized carbons (Fsp3) is 0.190. The van der Waals surface area contributed by atoms with Crippen LogP contribution in [0.1, 0.15) is 16.9 Å². The van der Waals surface area contributed by atoms with Gasteiger partial charge < -0.3 is 20.7 Å². The Bertz CT molecular complexity index is 1130. The second-order valence-corrected chi connectivity index (χ2v) is 7.18. The monoisotopic (exact) mass is 484 g/mol. The highest BCUT2D eigenvalue weighted by Crippen LogP contribution is 2.36. The van der Waals surface area contributed by atoms with E-state index in [0.717, 1.165) is 18.2 Å². The van der Waals surface area contributed by atoms with Crippen molar-refractivity contribution >= 4 is 29.2 Å². The van der Waals surface area contributed by atoms with Gasteiger partial charge in [0.05, 0.1) is 17.3 Å². The van der Waals surface area contributed by atoms with Crippen molar-refractivity contribution in [2.75, 3.05) is 12.4 Å². The molecule has 3 amide bonds. The molecule has 3 N–H and O–H groups in total. The van der Waals surface area contributed by atoms with Crippen molar-refractivity contribution in [3.8, 4) is 11.5 Å². The molecule has 7 nitrogen and oxygen atoms in total. The van der Waals surface area contributed by atoms with Crippen molar-refractivity contribution in [2.24, 2.45) is 0 Å². The van der Waals surface area contributed by atoms with E-state index in [9.17, 15) is 27.2 Å². The van der Waals surface area contributed by atoms with Crippen molar-refractivity contribution in [3.05, 3.63) is 70.8 Å². The van der Waals surface area contributed by atoms with E-state index >= 15 is 0 Å². The van der Waals surface area contributed by atoms with E-state index in [2.05, 4.69) is 20.9 Å². The van der Waals surface area contributed by atoms with Crippen LogP contribution in [0.2, 0.25) is 0 Å². The molecule has 174 valence electrons. The number of nitrogens with one attached hydrogen (secondary N) is 3. The summed E-state index contributed by atoms with van der Waals surface area (Å²) in [5.41, 5.74) is -1.17. The fourth-order valence-electron chi connectivity index (χ4n) is 2.87. The number of hydrogen-bond donors (Lipinski definition) is 3. The number of urea groups is 1. The summed E-state index contributed by atoms with van der Waals surface area (Å²) >= 11 is 5.58. The molecule has 0 bridgehead atoms. The van der Waals surface area contributed by atoms with Gasteiger partial charge in [-0.05, 0) is 30.7 Å². The van der Waals surface area contributed by atoms with Gasteiger partial charge >= 0.3 is 12.2 Å². The molecule has 1 aromatic heterocycles. The first-order valence-corrected chi connectivity index (χ1v) is 9.82. The highest BCUT2D eigenvalue weighted by molar-refractivity contribution is 6.32. The van der Waals surface area contributed by atoms with Gasteiger partial charge in [-0.25, -0.2) is 9.18 Å². The van der Waals surface area contributed by atoms with E-state index in [0.29, 0.717) is 0 Å². The second-order valence-electron chi connectivity index (χ2n) is 6.77. The molecule has 2 aromatic rings. The lowest BCUT2D eigenvalue weighted by atomic mass is 10.0. The minimum atomic E-state index is -4.66. The first kappa shape index (κ1) is 24.1. The number of carbonyl (C=O) groups excluding carboxylic acids is 2. The number of ether oxygens (including phenoxy) is 1. The number of pyridine rings is 1. The zero-order valence-corrected chi connectivity index (χ0v) is 17.7. The summed E-state index contributed by atoms with van der Waals surface area (Å²) in [6.07, 6.45) is -1.32. The SMILES string of the molecule is CNC(=O)c1cc(Oc2ccc(NC(=O)NC3C=C(C(F)(F)F)C(Cl)=CC3)c(F)c2)ccn1. The molecule has 12 heteroatoms. The van der Waals surface area contributed by atoms with Crippen LogP contribution in [0.4, 0.5) is 28.0 Å². The van der Waals surface area contributed by atoms with Crippen molar-refractivity contribution in [1.29, 1.82) is 0 Å². The first-order chi connectivity index (χ1) is 15.6. The molecule has 0 spiro atoms. The van der Waals surface area contributed by atoms with E-state index in [1.54, 1.807) is 0 Å². The molecule has 0 fully saturated rings. The highest BCUT2D eigenvalue weighted by atomic mass is 35.5. The summed E-state index contributed by atoms with van der Waals surface area (Å²) in [5.74, 6) is -0.957. The van der Waals surface area contributed by atoms with Gasteiger partial charge in [0.2, 0.25) is 0 Å². The molecule has 33 heavy (non-hydrogen) atoms. The Labute approximate surface area is 190 Å². The summed E-state index contributed by atoms with van der Waals surface area (Å²) in [4.78, 5) is 27.7. The van der Waals surface area contributed by atoms with Crippen molar-refractivity contribution < 1.29 is 31.9 Å². The Hall–Kier alpha value is -3.60. The summed E-state index contributed by atoms with van der Waals surface area (Å²) in [6.45, 7) is 0. The third-order valence-corrected chi connectivity index (χ3v) is 4.77. The first-order valence-electron chi connectivity index (χ1n) is 9.45. The summed E-state index contributed by atoms with van der Waals surface area (Å²) in [5, 5.41) is 6.53. The Morgan fingerprint density at radius 2 is 1.91 bits per heavy atom. The maximum Gasteiger partial charge on any atom is 0.417 e. The summed E-state index contributed by atoms with van der Waals surface area (Å²) in [7, 11) is 1.44. The van der Waals surface area contributed by atoms with Crippen LogP contribution in [-0.4, -0.2) is 36.2 Å².